The Balaban J connectivity index is 1.61. The Labute approximate surface area is 164 Å². The van der Waals surface area contributed by atoms with Crippen LogP contribution in [0.25, 0.3) is 0 Å². The Morgan fingerprint density at radius 2 is 1.86 bits per heavy atom. The molecule has 0 radical (unpaired) electrons. The number of benzene rings is 1. The minimum atomic E-state index is -4.46. The molecule has 0 saturated carbocycles. The zero-order valence-electron chi connectivity index (χ0n) is 14.8. The summed E-state index contributed by atoms with van der Waals surface area (Å²) < 4.78 is 51.0. The number of halogens is 5. The van der Waals surface area contributed by atoms with E-state index in [4.69, 9.17) is 11.6 Å². The van der Waals surface area contributed by atoms with Crippen molar-refractivity contribution >= 4 is 17.5 Å². The normalized spacial score (nSPS) is 16.3. The number of hydrogen-bond donors (Lipinski definition) is 0. The van der Waals surface area contributed by atoms with Crippen LogP contribution < -0.4 is 0 Å². The lowest BCUT2D eigenvalue weighted by atomic mass is 10.2. The summed E-state index contributed by atoms with van der Waals surface area (Å²) in [4.78, 5) is 19.5. The molecule has 28 heavy (non-hydrogen) atoms. The van der Waals surface area contributed by atoms with E-state index in [0.717, 1.165) is 6.07 Å². The van der Waals surface area contributed by atoms with Crippen LogP contribution in [0.4, 0.5) is 17.6 Å². The summed E-state index contributed by atoms with van der Waals surface area (Å²) in [5, 5.41) is 0.268. The Morgan fingerprint density at radius 1 is 1.07 bits per heavy atom. The topological polar surface area (TPSA) is 36.4 Å². The smallest absolute Gasteiger partial charge is 0.337 e. The van der Waals surface area contributed by atoms with Gasteiger partial charge in [-0.15, -0.1) is 0 Å². The largest absolute Gasteiger partial charge is 0.433 e. The van der Waals surface area contributed by atoms with Gasteiger partial charge in [0.1, 0.15) is 11.5 Å². The summed E-state index contributed by atoms with van der Waals surface area (Å²) in [7, 11) is 0. The number of alkyl halides is 3. The lowest BCUT2D eigenvalue weighted by Gasteiger charge is -2.22. The van der Waals surface area contributed by atoms with Gasteiger partial charge in [0, 0.05) is 50.4 Å². The monoisotopic (exact) mass is 415 g/mol. The molecule has 2 heterocycles. The molecule has 0 atom stereocenters. The summed E-state index contributed by atoms with van der Waals surface area (Å²) >= 11 is 6.04. The van der Waals surface area contributed by atoms with Gasteiger partial charge >= 0.3 is 6.18 Å². The fourth-order valence-corrected chi connectivity index (χ4v) is 3.26. The lowest BCUT2D eigenvalue weighted by molar-refractivity contribution is -0.141. The molecule has 150 valence electrons. The zero-order valence-corrected chi connectivity index (χ0v) is 15.6. The van der Waals surface area contributed by atoms with E-state index < -0.39 is 17.7 Å². The molecule has 1 aliphatic rings. The van der Waals surface area contributed by atoms with Gasteiger partial charge in [0.25, 0.3) is 0 Å². The van der Waals surface area contributed by atoms with E-state index in [1.54, 1.807) is 11.0 Å². The van der Waals surface area contributed by atoms with Crippen molar-refractivity contribution in [1.29, 1.82) is 0 Å². The van der Waals surface area contributed by atoms with Crippen LogP contribution in [-0.2, 0) is 24.1 Å². The van der Waals surface area contributed by atoms with Crippen LogP contribution >= 0.6 is 11.6 Å². The average molecular weight is 416 g/mol. The second kappa shape index (κ2) is 8.45. The van der Waals surface area contributed by atoms with Crippen LogP contribution in [-0.4, -0.2) is 40.3 Å². The fourth-order valence-electron chi connectivity index (χ4n) is 3.04. The lowest BCUT2D eigenvalue weighted by Crippen LogP contribution is -2.32. The molecule has 1 aromatic heterocycles. The van der Waals surface area contributed by atoms with Crippen molar-refractivity contribution in [3.63, 3.8) is 0 Å². The van der Waals surface area contributed by atoms with Crippen LogP contribution in [0.15, 0.2) is 36.5 Å². The van der Waals surface area contributed by atoms with Gasteiger partial charge in [-0.1, -0.05) is 23.7 Å². The molecule has 4 nitrogen and oxygen atoms in total. The summed E-state index contributed by atoms with van der Waals surface area (Å²) in [5.74, 6) is -0.485. The van der Waals surface area contributed by atoms with Crippen molar-refractivity contribution in [2.45, 2.75) is 25.7 Å². The summed E-state index contributed by atoms with van der Waals surface area (Å²) in [5.41, 5.74) is 0.386. The Kier molecular flexibility index (Phi) is 6.20. The molecule has 3 rings (SSSR count). The van der Waals surface area contributed by atoms with Crippen molar-refractivity contribution in [1.82, 2.24) is 14.8 Å². The van der Waals surface area contributed by atoms with Crippen LogP contribution in [0.3, 0.4) is 0 Å². The highest BCUT2D eigenvalue weighted by atomic mass is 35.5. The van der Waals surface area contributed by atoms with Gasteiger partial charge in [0.05, 0.1) is 0 Å². The summed E-state index contributed by atoms with van der Waals surface area (Å²) in [6.07, 6.45) is -2.96. The first-order valence-electron chi connectivity index (χ1n) is 8.68. The quantitative estimate of drug-likeness (QED) is 0.705. The summed E-state index contributed by atoms with van der Waals surface area (Å²) in [6, 6.07) is 6.43. The first-order valence-corrected chi connectivity index (χ1v) is 9.06. The third-order valence-electron chi connectivity index (χ3n) is 4.58. The van der Waals surface area contributed by atoms with E-state index in [2.05, 4.69) is 4.98 Å². The van der Waals surface area contributed by atoms with Gasteiger partial charge in [0.2, 0.25) is 5.91 Å². The van der Waals surface area contributed by atoms with Gasteiger partial charge in [-0.25, -0.2) is 4.39 Å². The standard InChI is InChI=1S/C19H18ClF4N3O/c20-16-9-15(21)3-2-14(16)12-27-8-7-26(6-5-18(27)28)11-13-1-4-17(25-10-13)19(22,23)24/h1-4,9-10H,5-8,11-12H2. The highest BCUT2D eigenvalue weighted by Gasteiger charge is 2.32. The first kappa shape index (κ1) is 20.5. The van der Waals surface area contributed by atoms with Gasteiger partial charge in [-0.2, -0.15) is 13.2 Å². The molecule has 0 spiro atoms. The molecule has 0 bridgehead atoms. The molecule has 0 unspecified atom stereocenters. The molecule has 1 amide bonds. The van der Waals surface area contributed by atoms with E-state index in [9.17, 15) is 22.4 Å². The number of pyridine rings is 1. The average Bonchev–Trinajstić information content (AvgIpc) is 2.79. The van der Waals surface area contributed by atoms with Gasteiger partial charge < -0.3 is 4.90 Å². The molecule has 9 heteroatoms. The van der Waals surface area contributed by atoms with Crippen molar-refractivity contribution in [3.05, 3.63) is 64.2 Å². The Hall–Kier alpha value is -2.19. The molecular formula is C19H18ClF4N3O. The molecule has 1 aliphatic heterocycles. The van der Waals surface area contributed by atoms with Gasteiger partial charge in [0.15, 0.2) is 0 Å². The van der Waals surface area contributed by atoms with Crippen LogP contribution in [0.5, 0.6) is 0 Å². The maximum Gasteiger partial charge on any atom is 0.433 e. The summed E-state index contributed by atoms with van der Waals surface area (Å²) in [6.45, 7) is 2.19. The van der Waals surface area contributed by atoms with E-state index >= 15 is 0 Å². The van der Waals surface area contributed by atoms with Gasteiger partial charge in [-0.3, -0.25) is 14.7 Å². The predicted octanol–water partition coefficient (Wildman–Crippen LogP) is 4.13. The molecule has 1 aromatic carbocycles. The molecule has 1 saturated heterocycles. The van der Waals surface area contributed by atoms with E-state index in [1.165, 1.54) is 24.4 Å². The number of carbonyl (C=O) groups is 1. The van der Waals surface area contributed by atoms with E-state index in [-0.39, 0.29) is 23.9 Å². The number of carbonyl (C=O) groups excluding carboxylic acids is 1. The van der Waals surface area contributed by atoms with Crippen LogP contribution in [0.1, 0.15) is 23.2 Å². The number of rotatable bonds is 4. The molecular weight excluding hydrogens is 398 g/mol. The highest BCUT2D eigenvalue weighted by Crippen LogP contribution is 2.27. The first-order chi connectivity index (χ1) is 13.2. The second-order valence-corrected chi connectivity index (χ2v) is 7.03. The fraction of sp³-hybridized carbons (Fsp3) is 0.368. The maximum atomic E-state index is 13.2. The third-order valence-corrected chi connectivity index (χ3v) is 4.93. The third kappa shape index (κ3) is 5.20. The molecule has 0 N–H and O–H groups in total. The Morgan fingerprint density at radius 3 is 2.50 bits per heavy atom. The van der Waals surface area contributed by atoms with Crippen molar-refractivity contribution in [2.75, 3.05) is 19.6 Å². The highest BCUT2D eigenvalue weighted by molar-refractivity contribution is 6.31. The van der Waals surface area contributed by atoms with Crippen molar-refractivity contribution in [3.8, 4) is 0 Å². The molecule has 1 fully saturated rings. The van der Waals surface area contributed by atoms with Gasteiger partial charge in [-0.05, 0) is 29.3 Å². The number of amides is 1. The van der Waals surface area contributed by atoms with Crippen molar-refractivity contribution in [2.24, 2.45) is 0 Å². The molecule has 2 aromatic rings. The minimum Gasteiger partial charge on any atom is -0.337 e. The SMILES string of the molecule is O=C1CCN(Cc2ccc(C(F)(F)F)nc2)CCN1Cc1ccc(F)cc1Cl. The minimum absolute atomic E-state index is 0.0477. The number of hydrogen-bond acceptors (Lipinski definition) is 3. The second-order valence-electron chi connectivity index (χ2n) is 6.63. The van der Waals surface area contributed by atoms with E-state index in [0.29, 0.717) is 37.3 Å². The number of aromatic nitrogens is 1. The zero-order chi connectivity index (χ0) is 20.3. The van der Waals surface area contributed by atoms with E-state index in [1.807, 2.05) is 4.90 Å². The number of nitrogens with zero attached hydrogens (tertiary/aromatic N) is 3. The van der Waals surface area contributed by atoms with Crippen molar-refractivity contribution < 1.29 is 22.4 Å². The predicted molar refractivity (Wildman–Crippen MR) is 96.0 cm³/mol. The van der Waals surface area contributed by atoms with Crippen LogP contribution in [0.2, 0.25) is 5.02 Å². The van der Waals surface area contributed by atoms with Crippen LogP contribution in [0, 0.1) is 5.82 Å². The Bertz CT molecular complexity index is 842. The molecule has 0 aliphatic carbocycles. The maximum absolute atomic E-state index is 13.2.